The molecule has 5 heteroatoms. The molecule has 1 unspecified atom stereocenters. The number of aryl methyl sites for hydroxylation is 1. The van der Waals surface area contributed by atoms with E-state index in [-0.39, 0.29) is 5.91 Å². The third kappa shape index (κ3) is 5.85. The summed E-state index contributed by atoms with van der Waals surface area (Å²) in [5.74, 6) is 0.863. The van der Waals surface area contributed by atoms with Crippen molar-refractivity contribution in [1.29, 1.82) is 0 Å². The molecule has 21 heavy (non-hydrogen) atoms. The van der Waals surface area contributed by atoms with Crippen molar-refractivity contribution in [1.82, 2.24) is 10.6 Å². The van der Waals surface area contributed by atoms with E-state index in [0.717, 1.165) is 50.4 Å². The van der Waals surface area contributed by atoms with E-state index < -0.39 is 0 Å². The number of carbonyl (C=O) groups is 1. The fourth-order valence-electron chi connectivity index (χ4n) is 2.61. The summed E-state index contributed by atoms with van der Waals surface area (Å²) < 4.78 is 0. The maximum Gasteiger partial charge on any atom is 0.220 e. The Bertz CT molecular complexity index is 473. The van der Waals surface area contributed by atoms with Gasteiger partial charge >= 0.3 is 0 Å². The van der Waals surface area contributed by atoms with Gasteiger partial charge in [-0.15, -0.1) is 0 Å². The van der Waals surface area contributed by atoms with Gasteiger partial charge in [0, 0.05) is 13.0 Å². The molecule has 0 aliphatic carbocycles. The Labute approximate surface area is 136 Å². The highest BCUT2D eigenvalue weighted by Crippen LogP contribution is 2.23. The van der Waals surface area contributed by atoms with Gasteiger partial charge in [0.05, 0.1) is 10.0 Å². The lowest BCUT2D eigenvalue weighted by atomic mass is 10.1. The van der Waals surface area contributed by atoms with Crippen LogP contribution in [0.4, 0.5) is 0 Å². The normalized spacial score (nSPS) is 17.9. The minimum absolute atomic E-state index is 0.140. The topological polar surface area (TPSA) is 41.1 Å². The Balaban J connectivity index is 1.59. The molecule has 1 atom stereocenters. The van der Waals surface area contributed by atoms with Gasteiger partial charge in [-0.2, -0.15) is 0 Å². The summed E-state index contributed by atoms with van der Waals surface area (Å²) in [6.07, 6.45) is 4.54. The highest BCUT2D eigenvalue weighted by atomic mass is 35.5. The standard InChI is InChI=1S/C16H22Cl2N2O/c17-14-5-4-12(10-15(14)18)2-1-3-16(21)20-9-7-13-6-8-19-11-13/h4-5,10,13,19H,1-3,6-9,11H2,(H,20,21). The van der Waals surface area contributed by atoms with Crippen molar-refractivity contribution in [3.63, 3.8) is 0 Å². The highest BCUT2D eigenvalue weighted by molar-refractivity contribution is 6.42. The average molecular weight is 329 g/mol. The van der Waals surface area contributed by atoms with E-state index in [1.807, 2.05) is 12.1 Å². The molecule has 116 valence electrons. The van der Waals surface area contributed by atoms with Gasteiger partial charge in [-0.1, -0.05) is 29.3 Å². The molecule has 0 radical (unpaired) electrons. The zero-order chi connectivity index (χ0) is 15.1. The molecule has 1 heterocycles. The number of nitrogens with one attached hydrogen (secondary N) is 2. The number of benzene rings is 1. The molecule has 1 saturated heterocycles. The number of hydrogen-bond donors (Lipinski definition) is 2. The minimum Gasteiger partial charge on any atom is -0.356 e. The van der Waals surface area contributed by atoms with Crippen LogP contribution >= 0.6 is 23.2 Å². The number of carbonyl (C=O) groups excluding carboxylic acids is 1. The van der Waals surface area contributed by atoms with Gasteiger partial charge in [-0.05, 0) is 62.4 Å². The van der Waals surface area contributed by atoms with E-state index >= 15 is 0 Å². The molecular formula is C16H22Cl2N2O. The summed E-state index contributed by atoms with van der Waals surface area (Å²) in [7, 11) is 0. The third-order valence-corrected chi connectivity index (χ3v) is 4.63. The van der Waals surface area contributed by atoms with Crippen LogP contribution in [0.3, 0.4) is 0 Å². The predicted molar refractivity (Wildman–Crippen MR) is 88.0 cm³/mol. The predicted octanol–water partition coefficient (Wildman–Crippen LogP) is 3.43. The van der Waals surface area contributed by atoms with Crippen LogP contribution in [-0.2, 0) is 11.2 Å². The Morgan fingerprint density at radius 3 is 2.90 bits per heavy atom. The summed E-state index contributed by atoms with van der Waals surface area (Å²) in [5.41, 5.74) is 1.12. The van der Waals surface area contributed by atoms with Crippen LogP contribution in [0.5, 0.6) is 0 Å². The summed E-state index contributed by atoms with van der Waals surface area (Å²) in [6.45, 7) is 2.99. The molecule has 1 aromatic carbocycles. The largest absolute Gasteiger partial charge is 0.356 e. The van der Waals surface area contributed by atoms with Crippen molar-refractivity contribution in [2.75, 3.05) is 19.6 Å². The van der Waals surface area contributed by atoms with Crippen LogP contribution in [0.15, 0.2) is 18.2 Å². The van der Waals surface area contributed by atoms with Gasteiger partial charge in [-0.3, -0.25) is 4.79 Å². The van der Waals surface area contributed by atoms with E-state index in [0.29, 0.717) is 16.5 Å². The second-order valence-electron chi connectivity index (χ2n) is 5.60. The smallest absolute Gasteiger partial charge is 0.220 e. The first kappa shape index (κ1) is 16.6. The van der Waals surface area contributed by atoms with Gasteiger partial charge < -0.3 is 10.6 Å². The molecule has 0 bridgehead atoms. The molecule has 1 aromatic rings. The lowest BCUT2D eigenvalue weighted by Crippen LogP contribution is -2.26. The van der Waals surface area contributed by atoms with Crippen molar-refractivity contribution < 1.29 is 4.79 Å². The molecule has 3 nitrogen and oxygen atoms in total. The van der Waals surface area contributed by atoms with Gasteiger partial charge in [0.2, 0.25) is 5.91 Å². The van der Waals surface area contributed by atoms with E-state index in [2.05, 4.69) is 10.6 Å². The van der Waals surface area contributed by atoms with Crippen LogP contribution in [0, 0.1) is 5.92 Å². The molecule has 1 aliphatic heterocycles. The van der Waals surface area contributed by atoms with Crippen LogP contribution in [-0.4, -0.2) is 25.5 Å². The lowest BCUT2D eigenvalue weighted by molar-refractivity contribution is -0.121. The maximum absolute atomic E-state index is 11.8. The van der Waals surface area contributed by atoms with Crippen LogP contribution in [0.2, 0.25) is 10.0 Å². The molecule has 0 spiro atoms. The van der Waals surface area contributed by atoms with Crippen LogP contribution in [0.25, 0.3) is 0 Å². The molecule has 2 N–H and O–H groups in total. The van der Waals surface area contributed by atoms with E-state index in [4.69, 9.17) is 23.2 Å². The fourth-order valence-corrected chi connectivity index (χ4v) is 2.93. The second kappa shape index (κ2) is 8.62. The molecule has 1 aliphatic rings. The van der Waals surface area contributed by atoms with Crippen LogP contribution < -0.4 is 10.6 Å². The summed E-state index contributed by atoms with van der Waals surface area (Å²) in [4.78, 5) is 11.8. The SMILES string of the molecule is O=C(CCCc1ccc(Cl)c(Cl)c1)NCCC1CCNC1. The molecule has 0 saturated carbocycles. The summed E-state index contributed by atoms with van der Waals surface area (Å²) >= 11 is 11.8. The third-order valence-electron chi connectivity index (χ3n) is 3.89. The van der Waals surface area contributed by atoms with E-state index in [9.17, 15) is 4.79 Å². The first-order valence-corrected chi connectivity index (χ1v) is 8.32. The quantitative estimate of drug-likeness (QED) is 0.805. The number of amides is 1. The highest BCUT2D eigenvalue weighted by Gasteiger charge is 2.13. The minimum atomic E-state index is 0.140. The van der Waals surface area contributed by atoms with Gasteiger partial charge in [0.15, 0.2) is 0 Å². The molecule has 2 rings (SSSR count). The Hall–Kier alpha value is -0.770. The van der Waals surface area contributed by atoms with Gasteiger partial charge in [-0.25, -0.2) is 0 Å². The number of rotatable bonds is 7. The van der Waals surface area contributed by atoms with Crippen molar-refractivity contribution in [2.45, 2.75) is 32.1 Å². The molecular weight excluding hydrogens is 307 g/mol. The maximum atomic E-state index is 11.8. The van der Waals surface area contributed by atoms with Gasteiger partial charge in [0.25, 0.3) is 0 Å². The number of halogens is 2. The van der Waals surface area contributed by atoms with Crippen LogP contribution in [0.1, 0.15) is 31.2 Å². The summed E-state index contributed by atoms with van der Waals surface area (Å²) in [5, 5.41) is 7.48. The van der Waals surface area contributed by atoms with Crippen molar-refractivity contribution >= 4 is 29.1 Å². The second-order valence-corrected chi connectivity index (χ2v) is 6.41. The Kier molecular flexibility index (Phi) is 6.81. The Morgan fingerprint density at radius 2 is 2.19 bits per heavy atom. The first-order valence-electron chi connectivity index (χ1n) is 7.56. The molecule has 0 aromatic heterocycles. The zero-order valence-corrected chi connectivity index (χ0v) is 13.6. The number of hydrogen-bond acceptors (Lipinski definition) is 2. The molecule has 1 amide bonds. The average Bonchev–Trinajstić information content (AvgIpc) is 2.96. The lowest BCUT2D eigenvalue weighted by Gasteiger charge is -2.09. The Morgan fingerprint density at radius 1 is 1.33 bits per heavy atom. The fraction of sp³-hybridized carbons (Fsp3) is 0.562. The van der Waals surface area contributed by atoms with E-state index in [1.54, 1.807) is 6.07 Å². The van der Waals surface area contributed by atoms with E-state index in [1.165, 1.54) is 6.42 Å². The van der Waals surface area contributed by atoms with Gasteiger partial charge in [0.1, 0.15) is 0 Å². The molecule has 1 fully saturated rings. The van der Waals surface area contributed by atoms with Crippen molar-refractivity contribution in [2.24, 2.45) is 5.92 Å². The summed E-state index contributed by atoms with van der Waals surface area (Å²) in [6, 6.07) is 5.63. The van der Waals surface area contributed by atoms with Crippen molar-refractivity contribution in [3.05, 3.63) is 33.8 Å². The monoisotopic (exact) mass is 328 g/mol. The first-order chi connectivity index (χ1) is 10.1. The zero-order valence-electron chi connectivity index (χ0n) is 12.1. The van der Waals surface area contributed by atoms with Crippen molar-refractivity contribution in [3.8, 4) is 0 Å².